The van der Waals surface area contributed by atoms with Gasteiger partial charge in [0.2, 0.25) is 9.05 Å². The van der Waals surface area contributed by atoms with E-state index in [1.165, 1.54) is 38.6 Å². The second-order valence-electron chi connectivity index (χ2n) is 5.49. The Labute approximate surface area is 109 Å². The Hall–Kier alpha value is 0.200. The van der Waals surface area contributed by atoms with Crippen LogP contribution in [0.1, 0.15) is 38.5 Å². The van der Waals surface area contributed by atoms with E-state index in [1.807, 2.05) is 0 Å². The molecule has 1 aliphatic heterocycles. The van der Waals surface area contributed by atoms with Crippen molar-refractivity contribution < 1.29 is 8.42 Å². The number of fused-ring (bicyclic) bond motifs is 1. The van der Waals surface area contributed by atoms with Gasteiger partial charge in [-0.25, -0.2) is 8.42 Å². The number of nitrogens with zero attached hydrogens (tertiary/aromatic N) is 1. The Morgan fingerprint density at radius 3 is 2.53 bits per heavy atom. The fraction of sp³-hybridized carbons (Fsp3) is 1.00. The average Bonchev–Trinajstić information content (AvgIpc) is 2.27. The zero-order valence-electron chi connectivity index (χ0n) is 10.3. The largest absolute Gasteiger partial charge is 0.303 e. The average molecular weight is 280 g/mol. The molecule has 1 heterocycles. The van der Waals surface area contributed by atoms with Crippen LogP contribution in [0, 0.1) is 11.8 Å². The molecule has 2 aliphatic rings. The molecule has 2 rings (SSSR count). The van der Waals surface area contributed by atoms with Gasteiger partial charge in [0.1, 0.15) is 0 Å². The molecule has 5 heteroatoms. The van der Waals surface area contributed by atoms with Crippen LogP contribution in [0.2, 0.25) is 0 Å². The van der Waals surface area contributed by atoms with Gasteiger partial charge in [-0.2, -0.15) is 0 Å². The minimum Gasteiger partial charge on any atom is -0.303 e. The number of halogens is 1. The highest BCUT2D eigenvalue weighted by Crippen LogP contribution is 2.35. The number of hydrogen-bond acceptors (Lipinski definition) is 3. The Bertz CT molecular complexity index is 344. The Morgan fingerprint density at radius 2 is 1.82 bits per heavy atom. The third-order valence-electron chi connectivity index (χ3n) is 4.24. The molecule has 0 aromatic heterocycles. The van der Waals surface area contributed by atoms with E-state index in [-0.39, 0.29) is 5.75 Å². The maximum absolute atomic E-state index is 10.8. The van der Waals surface area contributed by atoms with Crippen molar-refractivity contribution in [2.24, 2.45) is 11.8 Å². The van der Waals surface area contributed by atoms with E-state index in [4.69, 9.17) is 10.7 Å². The maximum atomic E-state index is 10.8. The molecule has 0 aromatic rings. The van der Waals surface area contributed by atoms with Gasteiger partial charge in [-0.3, -0.25) is 0 Å². The Morgan fingerprint density at radius 1 is 1.12 bits per heavy atom. The van der Waals surface area contributed by atoms with Crippen LogP contribution < -0.4 is 0 Å². The summed E-state index contributed by atoms with van der Waals surface area (Å²) in [6.45, 7) is 3.20. The molecular weight excluding hydrogens is 258 g/mol. The molecule has 17 heavy (non-hydrogen) atoms. The molecule has 2 unspecified atom stereocenters. The van der Waals surface area contributed by atoms with Gasteiger partial charge in [-0.15, -0.1) is 0 Å². The fourth-order valence-electron chi connectivity index (χ4n) is 3.34. The van der Waals surface area contributed by atoms with Gasteiger partial charge < -0.3 is 4.90 Å². The fourth-order valence-corrected chi connectivity index (χ4v) is 4.14. The zero-order valence-corrected chi connectivity index (χ0v) is 11.8. The standard InChI is InChI=1S/C12H22ClNO2S/c13-17(15,16)9-3-7-14-8-6-11-4-1-2-5-12(11)10-14/h11-12H,1-10H2. The Kier molecular flexibility index (Phi) is 4.72. The Balaban J connectivity index is 1.72. The van der Waals surface area contributed by atoms with Crippen LogP contribution in [0.4, 0.5) is 0 Å². The molecule has 0 radical (unpaired) electrons. The molecule has 0 amide bonds. The molecule has 1 aliphatic carbocycles. The minimum atomic E-state index is -3.30. The summed E-state index contributed by atoms with van der Waals surface area (Å²) < 4.78 is 21.7. The van der Waals surface area contributed by atoms with Crippen LogP contribution >= 0.6 is 10.7 Å². The monoisotopic (exact) mass is 279 g/mol. The SMILES string of the molecule is O=S(=O)(Cl)CCCN1CCC2CCCCC2C1. The highest BCUT2D eigenvalue weighted by atomic mass is 35.7. The zero-order chi connectivity index (χ0) is 12.3. The number of rotatable bonds is 4. The molecule has 1 saturated carbocycles. The number of likely N-dealkylation sites (tertiary alicyclic amines) is 1. The van der Waals surface area contributed by atoms with E-state index in [0.717, 1.165) is 24.9 Å². The summed E-state index contributed by atoms with van der Waals surface area (Å²) in [4.78, 5) is 2.43. The summed E-state index contributed by atoms with van der Waals surface area (Å²) in [6, 6.07) is 0. The smallest absolute Gasteiger partial charge is 0.232 e. The molecular formula is C12H22ClNO2S. The summed E-state index contributed by atoms with van der Waals surface area (Å²) in [7, 11) is 1.91. The van der Waals surface area contributed by atoms with Gasteiger partial charge in [-0.1, -0.05) is 19.3 Å². The van der Waals surface area contributed by atoms with Crippen molar-refractivity contribution in [2.75, 3.05) is 25.4 Å². The number of hydrogen-bond donors (Lipinski definition) is 0. The molecule has 1 saturated heterocycles. The number of piperidine rings is 1. The van der Waals surface area contributed by atoms with Crippen molar-refractivity contribution in [2.45, 2.75) is 38.5 Å². The highest BCUT2D eigenvalue weighted by molar-refractivity contribution is 8.13. The first-order valence-electron chi connectivity index (χ1n) is 6.69. The summed E-state index contributed by atoms with van der Waals surface area (Å²) in [6.07, 6.45) is 7.54. The van der Waals surface area contributed by atoms with Crippen LogP contribution in [0.3, 0.4) is 0 Å². The van der Waals surface area contributed by atoms with Crippen molar-refractivity contribution >= 4 is 19.7 Å². The summed E-state index contributed by atoms with van der Waals surface area (Å²) in [5, 5.41) is 0. The van der Waals surface area contributed by atoms with E-state index < -0.39 is 9.05 Å². The lowest BCUT2D eigenvalue weighted by Gasteiger charge is -2.41. The lowest BCUT2D eigenvalue weighted by molar-refractivity contribution is 0.0872. The van der Waals surface area contributed by atoms with Crippen LogP contribution in [-0.2, 0) is 9.05 Å². The lowest BCUT2D eigenvalue weighted by Crippen LogP contribution is -2.42. The predicted molar refractivity (Wildman–Crippen MR) is 70.8 cm³/mol. The normalized spacial score (nSPS) is 31.1. The molecule has 0 bridgehead atoms. The van der Waals surface area contributed by atoms with Crippen LogP contribution in [-0.4, -0.2) is 38.7 Å². The van der Waals surface area contributed by atoms with Crippen molar-refractivity contribution in [1.82, 2.24) is 4.90 Å². The van der Waals surface area contributed by atoms with Gasteiger partial charge in [0.25, 0.3) is 0 Å². The molecule has 3 nitrogen and oxygen atoms in total. The van der Waals surface area contributed by atoms with Gasteiger partial charge in [0, 0.05) is 17.2 Å². The van der Waals surface area contributed by atoms with E-state index >= 15 is 0 Å². The topological polar surface area (TPSA) is 37.4 Å². The maximum Gasteiger partial charge on any atom is 0.232 e. The van der Waals surface area contributed by atoms with Gasteiger partial charge in [-0.05, 0) is 44.2 Å². The van der Waals surface area contributed by atoms with Crippen molar-refractivity contribution in [1.29, 1.82) is 0 Å². The summed E-state index contributed by atoms with van der Waals surface area (Å²) in [5.41, 5.74) is 0. The van der Waals surface area contributed by atoms with Crippen LogP contribution in [0.25, 0.3) is 0 Å². The quantitative estimate of drug-likeness (QED) is 0.742. The minimum absolute atomic E-state index is 0.110. The molecule has 0 spiro atoms. The van der Waals surface area contributed by atoms with Crippen molar-refractivity contribution in [3.05, 3.63) is 0 Å². The molecule has 2 fully saturated rings. The van der Waals surface area contributed by atoms with E-state index in [1.54, 1.807) is 0 Å². The first-order valence-corrected chi connectivity index (χ1v) is 9.17. The van der Waals surface area contributed by atoms with Gasteiger partial charge in [0.05, 0.1) is 5.75 Å². The first kappa shape index (κ1) is 13.6. The predicted octanol–water partition coefficient (Wildman–Crippen LogP) is 2.46. The second kappa shape index (κ2) is 5.89. The van der Waals surface area contributed by atoms with Crippen molar-refractivity contribution in [3.8, 4) is 0 Å². The first-order chi connectivity index (χ1) is 8.04. The van der Waals surface area contributed by atoms with Gasteiger partial charge in [0.15, 0.2) is 0 Å². The van der Waals surface area contributed by atoms with E-state index in [9.17, 15) is 8.42 Å². The molecule has 0 N–H and O–H groups in total. The van der Waals surface area contributed by atoms with Crippen LogP contribution in [0.5, 0.6) is 0 Å². The van der Waals surface area contributed by atoms with Crippen LogP contribution in [0.15, 0.2) is 0 Å². The second-order valence-corrected chi connectivity index (χ2v) is 8.39. The highest BCUT2D eigenvalue weighted by Gasteiger charge is 2.30. The molecule has 2 atom stereocenters. The summed E-state index contributed by atoms with van der Waals surface area (Å²) >= 11 is 0. The van der Waals surface area contributed by atoms with E-state index in [2.05, 4.69) is 4.90 Å². The van der Waals surface area contributed by atoms with E-state index in [0.29, 0.717) is 6.42 Å². The third kappa shape index (κ3) is 4.42. The van der Waals surface area contributed by atoms with Crippen molar-refractivity contribution in [3.63, 3.8) is 0 Å². The lowest BCUT2D eigenvalue weighted by atomic mass is 9.75. The van der Waals surface area contributed by atoms with Gasteiger partial charge >= 0.3 is 0 Å². The summed E-state index contributed by atoms with van der Waals surface area (Å²) in [5.74, 6) is 1.92. The third-order valence-corrected chi connectivity index (χ3v) is 5.48. The molecule has 100 valence electrons. The molecule has 0 aromatic carbocycles.